The second-order valence-corrected chi connectivity index (χ2v) is 14.5. The van der Waals surface area contributed by atoms with Crippen molar-refractivity contribution < 1.29 is 14.4 Å². The number of rotatable bonds is 11. The smallest absolute Gasteiger partial charge is 0.255 e. The molecular formula is C31H41N3O3S. The largest absolute Gasteiger partial charge is 0.322 e. The Kier molecular flexibility index (Phi) is 6.19. The minimum Gasteiger partial charge on any atom is -0.322 e. The van der Waals surface area contributed by atoms with E-state index in [1.54, 1.807) is 24.2 Å². The van der Waals surface area contributed by atoms with Crippen LogP contribution in [0.15, 0.2) is 23.1 Å². The summed E-state index contributed by atoms with van der Waals surface area (Å²) in [5.41, 5.74) is 3.24. The number of carbonyl (C=O) groups is 3. The fourth-order valence-electron chi connectivity index (χ4n) is 9.98. The van der Waals surface area contributed by atoms with E-state index in [4.69, 9.17) is 0 Å². The molecule has 1 saturated heterocycles. The predicted molar refractivity (Wildman–Crippen MR) is 148 cm³/mol. The molecule has 204 valence electrons. The Balaban J connectivity index is 0.837. The van der Waals surface area contributed by atoms with Crippen LogP contribution in [0.2, 0.25) is 0 Å². The van der Waals surface area contributed by atoms with Crippen LogP contribution in [-0.2, 0) is 16.1 Å². The van der Waals surface area contributed by atoms with Gasteiger partial charge in [-0.2, -0.15) is 0 Å². The third-order valence-corrected chi connectivity index (χ3v) is 12.6. The van der Waals surface area contributed by atoms with Crippen LogP contribution in [0.5, 0.6) is 0 Å². The topological polar surface area (TPSA) is 69.7 Å². The SMILES string of the molecule is CN(CCCCCCSc1cccc2c1CN(C1CCC(=O)NC1=O)C2=O)CC12CC3CC4CC(C1)C42C3. The van der Waals surface area contributed by atoms with E-state index in [2.05, 4.69) is 23.3 Å². The number of carbonyl (C=O) groups excluding carboxylic acids is 3. The molecule has 6 nitrogen and oxygen atoms in total. The standard InChI is InChI=1S/C31H41N3O3S/c1-33(19-30-15-20-13-21-14-22(17-30)31(21,30)16-20)11-4-2-3-5-12-38-26-8-6-7-23-24(26)18-34(29(23)37)25-9-10-27(35)32-28(25)36/h6-8,20-22,25H,2-5,9-19H2,1H3,(H,32,35,36). The fraction of sp³-hybridized carbons (Fsp3) is 0.710. The molecule has 6 aliphatic rings. The number of hydrogen-bond donors (Lipinski definition) is 1. The van der Waals surface area contributed by atoms with E-state index in [1.165, 1.54) is 51.6 Å². The van der Waals surface area contributed by atoms with E-state index >= 15 is 0 Å². The molecule has 2 heterocycles. The number of amides is 3. The van der Waals surface area contributed by atoms with Crippen LogP contribution < -0.4 is 5.32 Å². The van der Waals surface area contributed by atoms with Gasteiger partial charge >= 0.3 is 0 Å². The summed E-state index contributed by atoms with van der Waals surface area (Å²) in [5, 5.41) is 2.39. The molecule has 6 atom stereocenters. The highest BCUT2D eigenvalue weighted by Crippen LogP contribution is 2.86. The van der Waals surface area contributed by atoms with Crippen molar-refractivity contribution in [2.24, 2.45) is 28.6 Å². The molecule has 0 radical (unpaired) electrons. The van der Waals surface area contributed by atoms with Gasteiger partial charge in [-0.05, 0) is 117 Å². The van der Waals surface area contributed by atoms with Gasteiger partial charge in [-0.3, -0.25) is 19.7 Å². The van der Waals surface area contributed by atoms with Gasteiger partial charge in [0.25, 0.3) is 5.91 Å². The molecule has 3 amide bonds. The Bertz CT molecular complexity index is 1170. The lowest BCUT2D eigenvalue weighted by Gasteiger charge is -2.73. The lowest BCUT2D eigenvalue weighted by Crippen LogP contribution is -2.69. The first-order chi connectivity index (χ1) is 18.4. The van der Waals surface area contributed by atoms with E-state index in [0.717, 1.165) is 39.4 Å². The van der Waals surface area contributed by atoms with Crippen molar-refractivity contribution in [1.82, 2.24) is 15.1 Å². The van der Waals surface area contributed by atoms with Crippen LogP contribution in [0.4, 0.5) is 0 Å². The number of nitrogens with one attached hydrogen (secondary N) is 1. The van der Waals surface area contributed by atoms with Crippen molar-refractivity contribution in [3.63, 3.8) is 0 Å². The number of piperidine rings is 1. The van der Waals surface area contributed by atoms with Gasteiger partial charge in [0.15, 0.2) is 0 Å². The lowest BCUT2D eigenvalue weighted by atomic mass is 9.32. The first-order valence-corrected chi connectivity index (χ1v) is 16.0. The van der Waals surface area contributed by atoms with Gasteiger partial charge in [0, 0.05) is 30.0 Å². The van der Waals surface area contributed by atoms with Crippen LogP contribution in [0.25, 0.3) is 0 Å². The second-order valence-electron chi connectivity index (χ2n) is 13.3. The van der Waals surface area contributed by atoms with Gasteiger partial charge in [-0.15, -0.1) is 11.8 Å². The van der Waals surface area contributed by atoms with Crippen LogP contribution in [-0.4, -0.2) is 59.5 Å². The maximum Gasteiger partial charge on any atom is 0.255 e. The van der Waals surface area contributed by atoms with Gasteiger partial charge < -0.3 is 9.80 Å². The molecule has 7 heteroatoms. The molecule has 7 rings (SSSR count). The summed E-state index contributed by atoms with van der Waals surface area (Å²) in [6.45, 7) is 3.04. The summed E-state index contributed by atoms with van der Waals surface area (Å²) in [6.07, 6.45) is 13.4. The lowest BCUT2D eigenvalue weighted by molar-refractivity contribution is -0.249. The zero-order valence-corrected chi connectivity index (χ0v) is 23.5. The van der Waals surface area contributed by atoms with Gasteiger partial charge in [-0.1, -0.05) is 18.9 Å². The summed E-state index contributed by atoms with van der Waals surface area (Å²) >= 11 is 1.84. The minimum absolute atomic E-state index is 0.0871. The Hall–Kier alpha value is -1.86. The number of nitrogens with zero attached hydrogens (tertiary/aromatic N) is 2. The van der Waals surface area contributed by atoms with Gasteiger partial charge in [0.1, 0.15) is 6.04 Å². The highest BCUT2D eigenvalue weighted by Gasteiger charge is 2.80. The molecule has 2 aliphatic heterocycles. The molecule has 4 aliphatic carbocycles. The van der Waals surface area contributed by atoms with Gasteiger partial charge in [-0.25, -0.2) is 0 Å². The molecule has 38 heavy (non-hydrogen) atoms. The molecule has 1 aromatic rings. The van der Waals surface area contributed by atoms with E-state index in [-0.39, 0.29) is 24.1 Å². The highest BCUT2D eigenvalue weighted by atomic mass is 32.2. The summed E-state index contributed by atoms with van der Waals surface area (Å²) < 4.78 is 0. The molecule has 2 bridgehead atoms. The monoisotopic (exact) mass is 535 g/mol. The maximum atomic E-state index is 13.0. The Morgan fingerprint density at radius 3 is 2.74 bits per heavy atom. The Labute approximate surface area is 230 Å². The van der Waals surface area contributed by atoms with Crippen LogP contribution in [0.1, 0.15) is 86.6 Å². The summed E-state index contributed by atoms with van der Waals surface area (Å²) in [4.78, 5) is 42.4. The predicted octanol–water partition coefficient (Wildman–Crippen LogP) is 4.86. The third-order valence-electron chi connectivity index (χ3n) is 11.4. The normalized spacial score (nSPS) is 36.3. The van der Waals surface area contributed by atoms with E-state index < -0.39 is 6.04 Å². The number of imide groups is 1. The van der Waals surface area contributed by atoms with Crippen LogP contribution >= 0.6 is 11.8 Å². The van der Waals surface area contributed by atoms with Crippen LogP contribution in [0.3, 0.4) is 0 Å². The number of benzene rings is 1. The van der Waals surface area contributed by atoms with E-state index in [9.17, 15) is 14.4 Å². The van der Waals surface area contributed by atoms with Crippen molar-refractivity contribution in [3.8, 4) is 0 Å². The molecule has 1 spiro atoms. The Morgan fingerprint density at radius 1 is 1.05 bits per heavy atom. The third kappa shape index (κ3) is 3.74. The van der Waals surface area contributed by atoms with Crippen molar-refractivity contribution in [1.29, 1.82) is 0 Å². The van der Waals surface area contributed by atoms with Gasteiger partial charge in [0.2, 0.25) is 11.8 Å². The maximum absolute atomic E-state index is 13.0. The summed E-state index contributed by atoms with van der Waals surface area (Å²) in [6, 6.07) is 5.38. The first kappa shape index (κ1) is 25.1. The van der Waals surface area contributed by atoms with Crippen molar-refractivity contribution in [2.75, 3.05) is 25.9 Å². The number of thioether (sulfide) groups is 1. The summed E-state index contributed by atoms with van der Waals surface area (Å²) in [5.74, 6) is 3.61. The van der Waals surface area contributed by atoms with Crippen LogP contribution in [0, 0.1) is 28.6 Å². The van der Waals surface area contributed by atoms with Crippen molar-refractivity contribution in [2.45, 2.75) is 88.1 Å². The molecule has 6 unspecified atom stereocenters. The molecule has 1 aromatic carbocycles. The number of fused-ring (bicyclic) bond motifs is 2. The van der Waals surface area contributed by atoms with Gasteiger partial charge in [0.05, 0.1) is 0 Å². The number of unbranched alkanes of at least 4 members (excludes halogenated alkanes) is 3. The molecular weight excluding hydrogens is 494 g/mol. The average Bonchev–Trinajstić information content (AvgIpc) is 3.49. The first-order valence-electron chi connectivity index (χ1n) is 15.0. The van der Waals surface area contributed by atoms with Crippen molar-refractivity contribution >= 4 is 29.5 Å². The number of hydrogen-bond acceptors (Lipinski definition) is 5. The average molecular weight is 536 g/mol. The quantitative estimate of drug-likeness (QED) is 0.249. The molecule has 5 fully saturated rings. The molecule has 1 N–H and O–H groups in total. The zero-order chi connectivity index (χ0) is 26.1. The molecule has 4 saturated carbocycles. The molecule has 0 aromatic heterocycles. The van der Waals surface area contributed by atoms with E-state index in [0.29, 0.717) is 23.9 Å². The Morgan fingerprint density at radius 2 is 1.92 bits per heavy atom. The highest BCUT2D eigenvalue weighted by molar-refractivity contribution is 7.99. The minimum atomic E-state index is -0.549. The summed E-state index contributed by atoms with van der Waals surface area (Å²) in [7, 11) is 2.36. The zero-order valence-electron chi connectivity index (χ0n) is 22.7. The second kappa shape index (κ2) is 9.36. The fourth-order valence-corrected chi connectivity index (χ4v) is 11.1. The van der Waals surface area contributed by atoms with Crippen molar-refractivity contribution in [3.05, 3.63) is 29.3 Å². The van der Waals surface area contributed by atoms with E-state index in [1.807, 2.05) is 23.9 Å².